The van der Waals surface area contributed by atoms with Crippen LogP contribution in [0.2, 0.25) is 0 Å². The van der Waals surface area contributed by atoms with Crippen LogP contribution in [0.15, 0.2) is 48.5 Å². The summed E-state index contributed by atoms with van der Waals surface area (Å²) < 4.78 is 24.5. The fourth-order valence-electron chi connectivity index (χ4n) is 4.62. The predicted molar refractivity (Wildman–Crippen MR) is 114 cm³/mol. The Kier molecular flexibility index (Phi) is 6.53. The quantitative estimate of drug-likeness (QED) is 0.628. The van der Waals surface area contributed by atoms with Gasteiger partial charge in [0.15, 0.2) is 11.6 Å². The molecule has 3 aliphatic heterocycles. The van der Waals surface area contributed by atoms with Gasteiger partial charge in [-0.15, -0.1) is 0 Å². The lowest BCUT2D eigenvalue weighted by molar-refractivity contribution is 0.0788. The van der Waals surface area contributed by atoms with E-state index in [1.54, 1.807) is 6.07 Å². The molecular formula is C24H29FN2O3. The maximum absolute atomic E-state index is 13.8. The zero-order valence-electron chi connectivity index (χ0n) is 17.4. The number of aryl methyl sites for hydroxylation is 1. The van der Waals surface area contributed by atoms with Gasteiger partial charge in [-0.25, -0.2) is 9.18 Å². The first kappa shape index (κ1) is 20.7. The van der Waals surface area contributed by atoms with Gasteiger partial charge in [-0.1, -0.05) is 24.3 Å². The maximum Gasteiger partial charge on any atom is 0.414 e. The van der Waals surface area contributed by atoms with E-state index in [2.05, 4.69) is 4.90 Å². The first-order valence-corrected chi connectivity index (χ1v) is 10.7. The fourth-order valence-corrected chi connectivity index (χ4v) is 4.62. The molecular weight excluding hydrogens is 383 g/mol. The molecule has 0 radical (unpaired) electrons. The van der Waals surface area contributed by atoms with Gasteiger partial charge in [-0.2, -0.15) is 0 Å². The van der Waals surface area contributed by atoms with Crippen molar-refractivity contribution in [3.63, 3.8) is 0 Å². The molecule has 2 bridgehead atoms. The van der Waals surface area contributed by atoms with E-state index in [1.165, 1.54) is 13.2 Å². The van der Waals surface area contributed by atoms with Crippen LogP contribution in [0.1, 0.15) is 24.8 Å². The molecule has 2 aromatic rings. The minimum Gasteiger partial charge on any atom is -0.494 e. The van der Waals surface area contributed by atoms with Crippen molar-refractivity contribution in [3.05, 3.63) is 59.9 Å². The number of methoxy groups -OCH3 is 1. The molecule has 1 amide bonds. The lowest BCUT2D eigenvalue weighted by Gasteiger charge is -2.48. The highest BCUT2D eigenvalue weighted by atomic mass is 19.1. The number of hydrogen-bond acceptors (Lipinski definition) is 4. The third-order valence-electron chi connectivity index (χ3n) is 6.24. The van der Waals surface area contributed by atoms with Crippen LogP contribution in [0.3, 0.4) is 0 Å². The molecule has 2 aromatic carbocycles. The fraction of sp³-hybridized carbons (Fsp3) is 0.458. The second kappa shape index (κ2) is 9.47. The van der Waals surface area contributed by atoms with E-state index in [0.29, 0.717) is 25.4 Å². The van der Waals surface area contributed by atoms with Gasteiger partial charge < -0.3 is 14.4 Å². The van der Waals surface area contributed by atoms with E-state index in [-0.39, 0.29) is 23.7 Å². The van der Waals surface area contributed by atoms with Crippen molar-refractivity contribution in [2.75, 3.05) is 38.3 Å². The predicted octanol–water partition coefficient (Wildman–Crippen LogP) is 4.50. The molecule has 30 heavy (non-hydrogen) atoms. The summed E-state index contributed by atoms with van der Waals surface area (Å²) in [6.45, 7) is 3.45. The zero-order chi connectivity index (χ0) is 20.9. The zero-order valence-corrected chi connectivity index (χ0v) is 17.4. The minimum absolute atomic E-state index is 0.151. The number of piperidine rings is 3. The van der Waals surface area contributed by atoms with Gasteiger partial charge in [-0.05, 0) is 74.5 Å². The number of carbonyl (C=O) groups excluding carboxylic acids is 1. The summed E-state index contributed by atoms with van der Waals surface area (Å²) in [5, 5.41) is 0. The number of nitrogens with zero attached hydrogens (tertiary/aromatic N) is 2. The van der Waals surface area contributed by atoms with Crippen LogP contribution in [0, 0.1) is 11.7 Å². The van der Waals surface area contributed by atoms with Crippen molar-refractivity contribution < 1.29 is 18.7 Å². The molecule has 3 aliphatic rings. The van der Waals surface area contributed by atoms with Crippen molar-refractivity contribution in [1.29, 1.82) is 0 Å². The number of amides is 1. The van der Waals surface area contributed by atoms with Gasteiger partial charge in [0.25, 0.3) is 0 Å². The molecule has 160 valence electrons. The Bertz CT molecular complexity index is 853. The van der Waals surface area contributed by atoms with E-state index in [1.807, 2.05) is 41.3 Å². The number of para-hydroxylation sites is 1. The first-order chi connectivity index (χ1) is 14.7. The number of carbonyl (C=O) groups is 1. The summed E-state index contributed by atoms with van der Waals surface area (Å²) in [7, 11) is 1.45. The average molecular weight is 413 g/mol. The van der Waals surface area contributed by atoms with Gasteiger partial charge >= 0.3 is 6.09 Å². The van der Waals surface area contributed by atoms with Gasteiger partial charge in [0.05, 0.1) is 19.8 Å². The number of halogens is 1. The largest absolute Gasteiger partial charge is 0.494 e. The maximum atomic E-state index is 13.8. The van der Waals surface area contributed by atoms with Crippen molar-refractivity contribution in [2.45, 2.75) is 31.7 Å². The molecule has 5 nitrogen and oxygen atoms in total. The van der Waals surface area contributed by atoms with Crippen molar-refractivity contribution in [1.82, 2.24) is 4.90 Å². The standard InChI is InChI=1S/C24H29FN2O3/c1-29-23-10-9-18(16-21(23)25)6-5-15-30-24(28)27(20-7-3-2-4-8-20)22-17-26-13-11-19(22)12-14-26/h2-4,7-10,16,19,22H,5-6,11-15,17H2,1H3. The number of hydrogen-bond donors (Lipinski definition) is 0. The number of benzene rings is 2. The van der Waals surface area contributed by atoms with Crippen LogP contribution in [0.25, 0.3) is 0 Å². The number of anilines is 1. The third kappa shape index (κ3) is 4.59. The molecule has 1 atom stereocenters. The van der Waals surface area contributed by atoms with Gasteiger partial charge in [-0.3, -0.25) is 4.90 Å². The highest BCUT2D eigenvalue weighted by Crippen LogP contribution is 2.34. The number of ether oxygens (including phenoxy) is 2. The highest BCUT2D eigenvalue weighted by molar-refractivity contribution is 5.88. The van der Waals surface area contributed by atoms with Crippen LogP contribution in [0.5, 0.6) is 5.75 Å². The Morgan fingerprint density at radius 1 is 1.17 bits per heavy atom. The lowest BCUT2D eigenvalue weighted by Crippen LogP contribution is -2.59. The smallest absolute Gasteiger partial charge is 0.414 e. The van der Waals surface area contributed by atoms with Gasteiger partial charge in [0.2, 0.25) is 0 Å². The van der Waals surface area contributed by atoms with Crippen molar-refractivity contribution >= 4 is 11.8 Å². The van der Waals surface area contributed by atoms with Crippen LogP contribution in [-0.2, 0) is 11.2 Å². The van der Waals surface area contributed by atoms with Crippen molar-refractivity contribution in [2.24, 2.45) is 5.92 Å². The molecule has 5 rings (SSSR count). The molecule has 0 spiro atoms. The van der Waals surface area contributed by atoms with Crippen molar-refractivity contribution in [3.8, 4) is 5.75 Å². The first-order valence-electron chi connectivity index (χ1n) is 10.7. The van der Waals surface area contributed by atoms with Gasteiger partial charge in [0, 0.05) is 12.2 Å². The second-order valence-corrected chi connectivity index (χ2v) is 8.10. The Morgan fingerprint density at radius 3 is 2.57 bits per heavy atom. The molecule has 1 unspecified atom stereocenters. The van der Waals surface area contributed by atoms with E-state index in [4.69, 9.17) is 9.47 Å². The monoisotopic (exact) mass is 412 g/mol. The number of fused-ring (bicyclic) bond motifs is 3. The van der Waals surface area contributed by atoms with Crippen LogP contribution in [0.4, 0.5) is 14.9 Å². The Morgan fingerprint density at radius 2 is 1.93 bits per heavy atom. The lowest BCUT2D eigenvalue weighted by atomic mass is 9.83. The molecule has 0 N–H and O–H groups in total. The van der Waals surface area contributed by atoms with E-state index >= 15 is 0 Å². The van der Waals surface area contributed by atoms with Gasteiger partial charge in [0.1, 0.15) is 0 Å². The molecule has 3 saturated heterocycles. The molecule has 0 aliphatic carbocycles. The molecule has 0 saturated carbocycles. The summed E-state index contributed by atoms with van der Waals surface area (Å²) in [5.74, 6) is 0.385. The Hall–Kier alpha value is -2.60. The van der Waals surface area contributed by atoms with Crippen LogP contribution >= 0.6 is 0 Å². The molecule has 0 aromatic heterocycles. The second-order valence-electron chi connectivity index (χ2n) is 8.10. The Balaban J connectivity index is 1.37. The summed E-state index contributed by atoms with van der Waals surface area (Å²) in [4.78, 5) is 17.4. The normalized spacial score (nSPS) is 22.5. The van der Waals surface area contributed by atoms with E-state index in [0.717, 1.165) is 43.7 Å². The van der Waals surface area contributed by atoms with E-state index < -0.39 is 0 Å². The summed E-state index contributed by atoms with van der Waals surface area (Å²) >= 11 is 0. The Labute approximate surface area is 177 Å². The SMILES string of the molecule is COc1ccc(CCCOC(=O)N(c2ccccc2)C2CN3CCC2CC3)cc1F. The number of rotatable bonds is 7. The highest BCUT2D eigenvalue weighted by Gasteiger charge is 2.40. The molecule has 3 fully saturated rings. The average Bonchev–Trinajstić information content (AvgIpc) is 2.79. The summed E-state index contributed by atoms with van der Waals surface area (Å²) in [6, 6.07) is 14.9. The third-order valence-corrected chi connectivity index (χ3v) is 6.24. The topological polar surface area (TPSA) is 42.0 Å². The van der Waals surface area contributed by atoms with Crippen LogP contribution < -0.4 is 9.64 Å². The summed E-state index contributed by atoms with van der Waals surface area (Å²) in [6.07, 6.45) is 3.25. The molecule has 3 heterocycles. The molecule has 6 heteroatoms. The van der Waals surface area contributed by atoms with Crippen LogP contribution in [-0.4, -0.2) is 50.4 Å². The van der Waals surface area contributed by atoms with E-state index in [9.17, 15) is 9.18 Å². The summed E-state index contributed by atoms with van der Waals surface area (Å²) in [5.41, 5.74) is 1.75. The minimum atomic E-state index is -0.371.